The van der Waals surface area contributed by atoms with Crippen molar-refractivity contribution in [3.8, 4) is 9.85 Å². The highest BCUT2D eigenvalue weighted by atomic mass is 127. The fraction of sp³-hybridized carbons (Fsp3) is 0.583. The van der Waals surface area contributed by atoms with Gasteiger partial charge in [-0.1, -0.05) is 12.8 Å². The molecule has 0 aromatic carbocycles. The first-order valence-corrected chi connectivity index (χ1v) is 7.39. The number of nitrogens with zero attached hydrogens (tertiary/aromatic N) is 4. The largest absolute Gasteiger partial charge is 0.354 e. The maximum absolute atomic E-state index is 5.10. The summed E-state index contributed by atoms with van der Waals surface area (Å²) in [5, 5.41) is 7.75. The first-order valence-electron chi connectivity index (χ1n) is 6.31. The van der Waals surface area contributed by atoms with Gasteiger partial charge < -0.3 is 10.6 Å². The zero-order valence-electron chi connectivity index (χ0n) is 11.9. The van der Waals surface area contributed by atoms with E-state index in [4.69, 9.17) is 4.84 Å². The van der Waals surface area contributed by atoms with E-state index in [0.717, 1.165) is 19.4 Å². The van der Waals surface area contributed by atoms with Crippen LogP contribution in [-0.2, 0) is 4.84 Å². The van der Waals surface area contributed by atoms with Crippen molar-refractivity contribution in [2.24, 2.45) is 0 Å². The molecule has 0 saturated heterocycles. The average Bonchev–Trinajstić information content (AvgIpc) is 2.48. The molecule has 8 heteroatoms. The molecule has 2 N–H and O–H groups in total. The van der Waals surface area contributed by atoms with Crippen molar-refractivity contribution < 1.29 is 4.84 Å². The van der Waals surface area contributed by atoms with E-state index in [9.17, 15) is 0 Å². The molecule has 0 saturated carbocycles. The standard InChI is InChI=1S/C12H19IN6O/c1-4-8-14-10-16-11(15-9-6-5-7-13)18-12(17-10)19(2)20-3/h4,6,8-9H2,1-3H3,(H2,14,15,16,17,18). The van der Waals surface area contributed by atoms with Gasteiger partial charge >= 0.3 is 0 Å². The molecule has 0 amide bonds. The summed E-state index contributed by atoms with van der Waals surface area (Å²) < 4.78 is 2.82. The van der Waals surface area contributed by atoms with E-state index in [1.54, 1.807) is 14.2 Å². The highest BCUT2D eigenvalue weighted by Gasteiger charge is 2.09. The van der Waals surface area contributed by atoms with E-state index in [1.807, 2.05) is 22.6 Å². The van der Waals surface area contributed by atoms with E-state index >= 15 is 0 Å². The summed E-state index contributed by atoms with van der Waals surface area (Å²) in [4.78, 5) is 18.0. The van der Waals surface area contributed by atoms with Crippen molar-refractivity contribution in [2.45, 2.75) is 19.8 Å². The highest BCUT2D eigenvalue weighted by Crippen LogP contribution is 2.12. The van der Waals surface area contributed by atoms with Crippen LogP contribution in [0.15, 0.2) is 0 Å². The van der Waals surface area contributed by atoms with Gasteiger partial charge in [0.15, 0.2) is 0 Å². The molecule has 0 fully saturated rings. The number of hydroxylamine groups is 1. The van der Waals surface area contributed by atoms with E-state index < -0.39 is 0 Å². The van der Waals surface area contributed by atoms with Crippen molar-refractivity contribution in [3.05, 3.63) is 0 Å². The molecule has 1 heterocycles. The third-order valence-corrected chi connectivity index (χ3v) is 2.69. The lowest BCUT2D eigenvalue weighted by molar-refractivity contribution is 0.180. The van der Waals surface area contributed by atoms with Crippen LogP contribution in [0.4, 0.5) is 17.8 Å². The Morgan fingerprint density at radius 3 is 2.40 bits per heavy atom. The molecular formula is C12H19IN6O. The number of anilines is 3. The molecule has 1 aromatic rings. The van der Waals surface area contributed by atoms with Crippen molar-refractivity contribution >= 4 is 40.4 Å². The van der Waals surface area contributed by atoms with Crippen LogP contribution >= 0.6 is 22.6 Å². The summed E-state index contributed by atoms with van der Waals surface area (Å²) in [7, 11) is 3.30. The lowest BCUT2D eigenvalue weighted by atomic mass is 10.4. The van der Waals surface area contributed by atoms with Gasteiger partial charge in [-0.05, 0) is 10.3 Å². The van der Waals surface area contributed by atoms with Crippen LogP contribution in [0.3, 0.4) is 0 Å². The van der Waals surface area contributed by atoms with Gasteiger partial charge in [0.25, 0.3) is 5.95 Å². The average molecular weight is 390 g/mol. The number of nitrogens with one attached hydrogen (secondary N) is 2. The van der Waals surface area contributed by atoms with Crippen LogP contribution in [0.25, 0.3) is 0 Å². The molecule has 110 valence electrons. The Bertz CT molecular complexity index is 473. The number of hydrogen-bond acceptors (Lipinski definition) is 7. The molecule has 0 unspecified atom stereocenters. The Kier molecular flexibility index (Phi) is 7.98. The molecule has 0 aliphatic rings. The van der Waals surface area contributed by atoms with Gasteiger partial charge in [-0.3, -0.25) is 4.84 Å². The Morgan fingerprint density at radius 1 is 1.20 bits per heavy atom. The maximum Gasteiger partial charge on any atom is 0.256 e. The van der Waals surface area contributed by atoms with E-state index in [-0.39, 0.29) is 0 Å². The fourth-order valence-corrected chi connectivity index (χ4v) is 1.54. The fourth-order valence-electron chi connectivity index (χ4n) is 1.27. The lowest BCUT2D eigenvalue weighted by Crippen LogP contribution is -2.20. The molecular weight excluding hydrogens is 371 g/mol. The van der Waals surface area contributed by atoms with Gasteiger partial charge in [0, 0.05) is 49.1 Å². The Hall–Kier alpha value is -1.34. The van der Waals surface area contributed by atoms with E-state index in [2.05, 4.69) is 42.4 Å². The lowest BCUT2D eigenvalue weighted by Gasteiger charge is -2.15. The minimum absolute atomic E-state index is 0.448. The predicted molar refractivity (Wildman–Crippen MR) is 88.9 cm³/mol. The van der Waals surface area contributed by atoms with Crippen molar-refractivity contribution in [3.63, 3.8) is 0 Å². The quantitative estimate of drug-likeness (QED) is 0.304. The van der Waals surface area contributed by atoms with Gasteiger partial charge in [-0.2, -0.15) is 15.0 Å². The van der Waals surface area contributed by atoms with Gasteiger partial charge in [0.2, 0.25) is 11.9 Å². The van der Waals surface area contributed by atoms with E-state index in [1.165, 1.54) is 5.06 Å². The normalized spacial score (nSPS) is 9.60. The third kappa shape index (κ3) is 5.75. The smallest absolute Gasteiger partial charge is 0.256 e. The number of aromatic nitrogens is 3. The molecule has 0 radical (unpaired) electrons. The topological polar surface area (TPSA) is 75.2 Å². The zero-order chi connectivity index (χ0) is 14.8. The zero-order valence-corrected chi connectivity index (χ0v) is 14.1. The summed E-state index contributed by atoms with van der Waals surface area (Å²) >= 11 is 2.02. The Morgan fingerprint density at radius 2 is 1.85 bits per heavy atom. The summed E-state index contributed by atoms with van der Waals surface area (Å²) in [6, 6.07) is 0. The van der Waals surface area contributed by atoms with Crippen LogP contribution in [-0.4, -0.2) is 42.2 Å². The first-order chi connectivity index (χ1) is 9.71. The molecule has 0 aliphatic heterocycles. The molecule has 0 atom stereocenters. The van der Waals surface area contributed by atoms with Crippen LogP contribution in [0, 0.1) is 9.85 Å². The minimum atomic E-state index is 0.448. The Labute approximate surface area is 133 Å². The van der Waals surface area contributed by atoms with Crippen LogP contribution in [0.1, 0.15) is 19.8 Å². The minimum Gasteiger partial charge on any atom is -0.354 e. The second kappa shape index (κ2) is 9.55. The highest BCUT2D eigenvalue weighted by molar-refractivity contribution is 14.1. The maximum atomic E-state index is 5.10. The second-order valence-corrected chi connectivity index (χ2v) is 4.38. The third-order valence-electron chi connectivity index (χ3n) is 2.31. The predicted octanol–water partition coefficient (Wildman–Crippen LogP) is 1.89. The number of rotatable bonds is 8. The number of hydrogen-bond donors (Lipinski definition) is 2. The molecule has 1 rings (SSSR count). The summed E-state index contributed by atoms with van der Waals surface area (Å²) in [6.07, 6.45) is 1.73. The summed E-state index contributed by atoms with van der Waals surface area (Å²) in [5.74, 6) is 4.45. The van der Waals surface area contributed by atoms with Crippen molar-refractivity contribution in [1.82, 2.24) is 15.0 Å². The summed E-state index contributed by atoms with van der Waals surface area (Å²) in [6.45, 7) is 3.57. The van der Waals surface area contributed by atoms with Gasteiger partial charge in [-0.15, -0.1) is 0 Å². The van der Waals surface area contributed by atoms with Crippen molar-refractivity contribution in [2.75, 3.05) is 42.9 Å². The molecule has 0 aliphatic carbocycles. The van der Waals surface area contributed by atoms with Crippen LogP contribution < -0.4 is 15.7 Å². The van der Waals surface area contributed by atoms with Gasteiger partial charge in [-0.25, -0.2) is 5.06 Å². The van der Waals surface area contributed by atoms with Crippen LogP contribution in [0.2, 0.25) is 0 Å². The molecule has 0 spiro atoms. The first kappa shape index (κ1) is 16.7. The van der Waals surface area contributed by atoms with Crippen molar-refractivity contribution in [1.29, 1.82) is 0 Å². The van der Waals surface area contributed by atoms with Gasteiger partial charge in [0.1, 0.15) is 0 Å². The molecule has 0 bridgehead atoms. The van der Waals surface area contributed by atoms with Gasteiger partial charge in [0.05, 0.1) is 7.11 Å². The Balaban J connectivity index is 2.81. The SMILES string of the molecule is CCCNc1nc(NCCC#CI)nc(N(C)OC)n1. The van der Waals surface area contributed by atoms with E-state index in [0.29, 0.717) is 24.4 Å². The molecule has 1 aromatic heterocycles. The summed E-state index contributed by atoms with van der Waals surface area (Å²) in [5.41, 5.74) is 0. The molecule has 7 nitrogen and oxygen atoms in total. The second-order valence-electron chi connectivity index (χ2n) is 3.84. The monoisotopic (exact) mass is 390 g/mol. The number of halogens is 1. The van der Waals surface area contributed by atoms with Crippen LogP contribution in [0.5, 0.6) is 0 Å². The molecule has 20 heavy (non-hydrogen) atoms.